The zero-order valence-corrected chi connectivity index (χ0v) is 14.4. The van der Waals surface area contributed by atoms with Crippen LogP contribution in [0.15, 0.2) is 24.3 Å². The van der Waals surface area contributed by atoms with E-state index in [1.807, 2.05) is 19.9 Å². The fourth-order valence-corrected chi connectivity index (χ4v) is 2.75. The number of amides is 2. The molecule has 1 heterocycles. The lowest BCUT2D eigenvalue weighted by atomic mass is 10.1. The fraction of sp³-hybridized carbons (Fsp3) is 0.500. The second kappa shape index (κ2) is 7.95. The van der Waals surface area contributed by atoms with Gasteiger partial charge in [-0.3, -0.25) is 14.4 Å². The van der Waals surface area contributed by atoms with E-state index in [0.29, 0.717) is 18.5 Å². The van der Waals surface area contributed by atoms with Gasteiger partial charge < -0.3 is 14.5 Å². The third-order valence-corrected chi connectivity index (χ3v) is 4.13. The second-order valence-electron chi connectivity index (χ2n) is 6.22. The van der Waals surface area contributed by atoms with Crippen LogP contribution in [0, 0.1) is 0 Å². The number of hydrogen-bond acceptors (Lipinski definition) is 4. The highest BCUT2D eigenvalue weighted by molar-refractivity contribution is 5.96. The molecule has 2 rings (SSSR count). The van der Waals surface area contributed by atoms with Crippen LogP contribution in [-0.2, 0) is 20.9 Å². The molecule has 1 aromatic carbocycles. The summed E-state index contributed by atoms with van der Waals surface area (Å²) in [7, 11) is 1.30. The highest BCUT2D eigenvalue weighted by Gasteiger charge is 2.23. The first kappa shape index (κ1) is 18.0. The number of nitrogens with zero attached hydrogens (tertiary/aromatic N) is 2. The van der Waals surface area contributed by atoms with Crippen molar-refractivity contribution in [2.75, 3.05) is 20.2 Å². The van der Waals surface area contributed by atoms with Crippen molar-refractivity contribution in [1.82, 2.24) is 9.80 Å². The summed E-state index contributed by atoms with van der Waals surface area (Å²) in [6.45, 7) is 4.90. The van der Waals surface area contributed by atoms with Gasteiger partial charge in [-0.1, -0.05) is 12.1 Å². The van der Waals surface area contributed by atoms with Crippen molar-refractivity contribution in [3.63, 3.8) is 0 Å². The Hall–Kier alpha value is -2.37. The molecule has 0 saturated carbocycles. The summed E-state index contributed by atoms with van der Waals surface area (Å²) in [4.78, 5) is 39.3. The zero-order chi connectivity index (χ0) is 17.7. The number of methoxy groups -OCH3 is 1. The van der Waals surface area contributed by atoms with E-state index >= 15 is 0 Å². The van der Waals surface area contributed by atoms with Crippen LogP contribution in [0.2, 0.25) is 0 Å². The van der Waals surface area contributed by atoms with Crippen LogP contribution in [-0.4, -0.2) is 53.8 Å². The minimum absolute atomic E-state index is 0.0815. The van der Waals surface area contributed by atoms with E-state index in [9.17, 15) is 14.4 Å². The molecular formula is C18H24N2O4. The summed E-state index contributed by atoms with van der Waals surface area (Å²) >= 11 is 0. The van der Waals surface area contributed by atoms with E-state index < -0.39 is 5.97 Å². The van der Waals surface area contributed by atoms with Crippen LogP contribution in [0.25, 0.3) is 0 Å². The Morgan fingerprint density at radius 1 is 1.33 bits per heavy atom. The van der Waals surface area contributed by atoms with Crippen LogP contribution in [0.1, 0.15) is 42.6 Å². The maximum atomic E-state index is 12.7. The molecule has 1 saturated heterocycles. The molecule has 1 aliphatic heterocycles. The molecular weight excluding hydrogens is 308 g/mol. The molecule has 0 atom stereocenters. The fourth-order valence-electron chi connectivity index (χ4n) is 2.75. The Kier molecular flexibility index (Phi) is 5.95. The summed E-state index contributed by atoms with van der Waals surface area (Å²) in [5.74, 6) is -0.512. The van der Waals surface area contributed by atoms with Crippen molar-refractivity contribution < 1.29 is 19.1 Å². The van der Waals surface area contributed by atoms with Gasteiger partial charge in [0, 0.05) is 31.1 Å². The normalized spacial score (nSPS) is 14.2. The monoisotopic (exact) mass is 332 g/mol. The molecule has 0 bridgehead atoms. The number of carbonyl (C=O) groups is 3. The summed E-state index contributed by atoms with van der Waals surface area (Å²) in [6, 6.07) is 7.10. The molecule has 0 N–H and O–H groups in total. The van der Waals surface area contributed by atoms with Crippen molar-refractivity contribution in [2.24, 2.45) is 0 Å². The van der Waals surface area contributed by atoms with Crippen LogP contribution in [0.5, 0.6) is 0 Å². The molecule has 130 valence electrons. The second-order valence-corrected chi connectivity index (χ2v) is 6.22. The van der Waals surface area contributed by atoms with E-state index in [1.54, 1.807) is 23.1 Å². The molecule has 0 aliphatic carbocycles. The van der Waals surface area contributed by atoms with Gasteiger partial charge in [0.2, 0.25) is 5.91 Å². The predicted octanol–water partition coefficient (Wildman–Crippen LogP) is 1.83. The summed E-state index contributed by atoms with van der Waals surface area (Å²) in [6.07, 6.45) is 1.48. The van der Waals surface area contributed by atoms with Crippen molar-refractivity contribution in [3.8, 4) is 0 Å². The molecule has 1 fully saturated rings. The average Bonchev–Trinajstić information content (AvgIpc) is 2.96. The van der Waals surface area contributed by atoms with Gasteiger partial charge in [-0.25, -0.2) is 0 Å². The molecule has 6 nitrogen and oxygen atoms in total. The first-order valence-corrected chi connectivity index (χ1v) is 8.17. The maximum absolute atomic E-state index is 12.7. The zero-order valence-electron chi connectivity index (χ0n) is 14.4. The highest BCUT2D eigenvalue weighted by Crippen LogP contribution is 2.16. The number of rotatable bonds is 6. The minimum atomic E-state index is -0.448. The van der Waals surface area contributed by atoms with E-state index in [1.165, 1.54) is 12.0 Å². The summed E-state index contributed by atoms with van der Waals surface area (Å²) in [5.41, 5.74) is 1.43. The van der Waals surface area contributed by atoms with Gasteiger partial charge in [0.1, 0.15) is 6.54 Å². The van der Waals surface area contributed by atoms with Gasteiger partial charge >= 0.3 is 5.97 Å². The van der Waals surface area contributed by atoms with E-state index in [4.69, 9.17) is 0 Å². The first-order valence-electron chi connectivity index (χ1n) is 8.17. The molecule has 0 unspecified atom stereocenters. The lowest BCUT2D eigenvalue weighted by Crippen LogP contribution is -2.41. The topological polar surface area (TPSA) is 66.9 Å². The Balaban J connectivity index is 2.14. The van der Waals surface area contributed by atoms with E-state index in [2.05, 4.69) is 4.74 Å². The average molecular weight is 332 g/mol. The molecule has 0 aromatic heterocycles. The molecule has 2 amide bonds. The van der Waals surface area contributed by atoms with Crippen molar-refractivity contribution in [2.45, 2.75) is 39.3 Å². The van der Waals surface area contributed by atoms with E-state index in [-0.39, 0.29) is 24.4 Å². The number of carbonyl (C=O) groups excluding carboxylic acids is 3. The minimum Gasteiger partial charge on any atom is -0.468 e. The van der Waals surface area contributed by atoms with Crippen LogP contribution >= 0.6 is 0 Å². The standard InChI is InChI=1S/C18H24N2O4/c1-13(2)20(12-17(22)24-3)18(23)15-7-4-6-14(10-15)11-19-9-5-8-16(19)21/h4,6-7,10,13H,5,8-9,11-12H2,1-3H3. The van der Waals surface area contributed by atoms with Crippen molar-refractivity contribution >= 4 is 17.8 Å². The van der Waals surface area contributed by atoms with Gasteiger partial charge in [0.05, 0.1) is 7.11 Å². The summed E-state index contributed by atoms with van der Waals surface area (Å²) < 4.78 is 4.66. The van der Waals surface area contributed by atoms with Gasteiger partial charge in [0.25, 0.3) is 5.91 Å². The largest absolute Gasteiger partial charge is 0.468 e. The van der Waals surface area contributed by atoms with Crippen LogP contribution in [0.3, 0.4) is 0 Å². The number of esters is 1. The predicted molar refractivity (Wildman–Crippen MR) is 89.3 cm³/mol. The molecule has 1 aromatic rings. The van der Waals surface area contributed by atoms with Gasteiger partial charge in [0.15, 0.2) is 0 Å². The first-order chi connectivity index (χ1) is 11.4. The third kappa shape index (κ3) is 4.34. The number of likely N-dealkylation sites (tertiary alicyclic amines) is 1. The number of benzene rings is 1. The van der Waals surface area contributed by atoms with Crippen LogP contribution < -0.4 is 0 Å². The SMILES string of the molecule is COC(=O)CN(C(=O)c1cccc(CN2CCCC2=O)c1)C(C)C. The lowest BCUT2D eigenvalue weighted by Gasteiger charge is -2.26. The van der Waals surface area contributed by atoms with Gasteiger partial charge in [-0.2, -0.15) is 0 Å². The molecule has 0 spiro atoms. The molecule has 24 heavy (non-hydrogen) atoms. The Morgan fingerprint density at radius 3 is 2.67 bits per heavy atom. The van der Waals surface area contributed by atoms with Crippen molar-refractivity contribution in [3.05, 3.63) is 35.4 Å². The molecule has 1 aliphatic rings. The van der Waals surface area contributed by atoms with Crippen LogP contribution in [0.4, 0.5) is 0 Å². The Bertz CT molecular complexity index is 627. The van der Waals surface area contributed by atoms with E-state index in [0.717, 1.165) is 18.5 Å². The van der Waals surface area contributed by atoms with Gasteiger partial charge in [-0.05, 0) is 38.0 Å². The third-order valence-electron chi connectivity index (χ3n) is 4.13. The maximum Gasteiger partial charge on any atom is 0.325 e. The number of hydrogen-bond donors (Lipinski definition) is 0. The lowest BCUT2D eigenvalue weighted by molar-refractivity contribution is -0.141. The van der Waals surface area contributed by atoms with Gasteiger partial charge in [-0.15, -0.1) is 0 Å². The Labute approximate surface area is 142 Å². The summed E-state index contributed by atoms with van der Waals surface area (Å²) in [5, 5.41) is 0. The molecule has 0 radical (unpaired) electrons. The highest BCUT2D eigenvalue weighted by atomic mass is 16.5. The quantitative estimate of drug-likeness (QED) is 0.746. The molecule has 6 heteroatoms. The van der Waals surface area contributed by atoms with Crippen molar-refractivity contribution in [1.29, 1.82) is 0 Å². The Morgan fingerprint density at radius 2 is 2.08 bits per heavy atom. The number of ether oxygens (including phenoxy) is 1. The smallest absolute Gasteiger partial charge is 0.325 e.